The molecule has 0 radical (unpaired) electrons. The second-order valence-electron chi connectivity index (χ2n) is 3.61. The predicted molar refractivity (Wildman–Crippen MR) is 49.7 cm³/mol. The Morgan fingerprint density at radius 2 is 2.27 bits per heavy atom. The first kappa shape index (κ1) is 7.90. The fourth-order valence-electron chi connectivity index (χ4n) is 2.01. The normalized spacial score (nSPS) is 30.3. The minimum Gasteiger partial charge on any atom is -0.309 e. The van der Waals surface area contributed by atoms with Crippen molar-refractivity contribution in [2.24, 2.45) is 0 Å². The predicted octanol–water partition coefficient (Wildman–Crippen LogP) is 1.09. The van der Waals surface area contributed by atoms with Crippen LogP contribution >= 0.6 is 11.9 Å². The minimum atomic E-state index is 0.529. The summed E-state index contributed by atoms with van der Waals surface area (Å²) < 4.78 is 2.48. The van der Waals surface area contributed by atoms with Crippen molar-refractivity contribution in [3.63, 3.8) is 0 Å². The van der Waals surface area contributed by atoms with Crippen LogP contribution < -0.4 is 5.32 Å². The SMILES string of the molecule is CSN1CCNC2(CCC2)C1. The van der Waals surface area contributed by atoms with Crippen LogP contribution in [0.1, 0.15) is 19.3 Å². The monoisotopic (exact) mass is 172 g/mol. The zero-order valence-electron chi connectivity index (χ0n) is 7.10. The molecule has 2 nitrogen and oxygen atoms in total. The van der Waals surface area contributed by atoms with E-state index in [1.54, 1.807) is 0 Å². The van der Waals surface area contributed by atoms with Crippen molar-refractivity contribution < 1.29 is 0 Å². The first-order chi connectivity index (χ1) is 5.35. The number of nitrogens with one attached hydrogen (secondary N) is 1. The van der Waals surface area contributed by atoms with E-state index in [-0.39, 0.29) is 0 Å². The summed E-state index contributed by atoms with van der Waals surface area (Å²) in [5, 5.41) is 3.64. The lowest BCUT2D eigenvalue weighted by atomic mass is 9.76. The lowest BCUT2D eigenvalue weighted by Crippen LogP contribution is -2.62. The molecule has 0 aromatic heterocycles. The van der Waals surface area contributed by atoms with Crippen LogP contribution in [0.5, 0.6) is 0 Å². The summed E-state index contributed by atoms with van der Waals surface area (Å²) in [6.45, 7) is 3.65. The Labute approximate surface area is 72.9 Å². The van der Waals surface area contributed by atoms with Crippen LogP contribution in [0.3, 0.4) is 0 Å². The standard InChI is InChI=1S/C8H16N2S/c1-11-10-6-5-9-8(7-10)3-2-4-8/h9H,2-7H2,1H3. The van der Waals surface area contributed by atoms with Crippen LogP contribution in [0, 0.1) is 0 Å². The molecule has 3 heteroatoms. The summed E-state index contributed by atoms with van der Waals surface area (Å²) >= 11 is 1.89. The number of hydrogen-bond donors (Lipinski definition) is 1. The van der Waals surface area contributed by atoms with Gasteiger partial charge in [-0.3, -0.25) is 0 Å². The topological polar surface area (TPSA) is 15.3 Å². The maximum absolute atomic E-state index is 3.64. The Morgan fingerprint density at radius 3 is 2.82 bits per heavy atom. The Morgan fingerprint density at radius 1 is 1.45 bits per heavy atom. The Bertz CT molecular complexity index is 145. The summed E-state index contributed by atoms with van der Waals surface area (Å²) in [6, 6.07) is 0. The van der Waals surface area contributed by atoms with Crippen molar-refractivity contribution >= 4 is 11.9 Å². The van der Waals surface area contributed by atoms with E-state index in [4.69, 9.17) is 0 Å². The molecule has 2 rings (SSSR count). The van der Waals surface area contributed by atoms with E-state index in [9.17, 15) is 0 Å². The summed E-state index contributed by atoms with van der Waals surface area (Å²) in [5.41, 5.74) is 0.529. The summed E-state index contributed by atoms with van der Waals surface area (Å²) in [7, 11) is 0. The lowest BCUT2D eigenvalue weighted by molar-refractivity contribution is 0.120. The average Bonchev–Trinajstić information content (AvgIpc) is 2.02. The second-order valence-corrected chi connectivity index (χ2v) is 4.49. The highest BCUT2D eigenvalue weighted by molar-refractivity contribution is 7.96. The van der Waals surface area contributed by atoms with Gasteiger partial charge in [0, 0.05) is 25.2 Å². The van der Waals surface area contributed by atoms with E-state index in [1.165, 1.54) is 38.9 Å². The van der Waals surface area contributed by atoms with Crippen molar-refractivity contribution in [1.29, 1.82) is 0 Å². The van der Waals surface area contributed by atoms with Gasteiger partial charge in [-0.1, -0.05) is 11.9 Å². The Balaban J connectivity index is 1.92. The molecule has 0 bridgehead atoms. The van der Waals surface area contributed by atoms with E-state index in [2.05, 4.69) is 15.9 Å². The molecule has 1 N–H and O–H groups in total. The molecule has 0 atom stereocenters. The smallest absolute Gasteiger partial charge is 0.0318 e. The van der Waals surface area contributed by atoms with Crippen LogP contribution in [0.15, 0.2) is 0 Å². The largest absolute Gasteiger partial charge is 0.309 e. The molecular weight excluding hydrogens is 156 g/mol. The first-order valence-electron chi connectivity index (χ1n) is 4.39. The Kier molecular flexibility index (Phi) is 2.12. The molecule has 11 heavy (non-hydrogen) atoms. The van der Waals surface area contributed by atoms with Gasteiger partial charge in [0.15, 0.2) is 0 Å². The van der Waals surface area contributed by atoms with E-state index < -0.39 is 0 Å². The Hall–Kier alpha value is 0.270. The molecule has 64 valence electrons. The number of piperazine rings is 1. The molecule has 1 saturated heterocycles. The van der Waals surface area contributed by atoms with Gasteiger partial charge in [0.25, 0.3) is 0 Å². The van der Waals surface area contributed by atoms with Crippen molar-refractivity contribution in [3.05, 3.63) is 0 Å². The fraction of sp³-hybridized carbons (Fsp3) is 1.00. The number of hydrogen-bond acceptors (Lipinski definition) is 3. The first-order valence-corrected chi connectivity index (χ1v) is 5.57. The molecular formula is C8H16N2S. The van der Waals surface area contributed by atoms with Crippen LogP contribution in [0.2, 0.25) is 0 Å². The molecule has 1 aliphatic heterocycles. The van der Waals surface area contributed by atoms with Gasteiger partial charge in [-0.2, -0.15) is 0 Å². The van der Waals surface area contributed by atoms with E-state index >= 15 is 0 Å². The summed E-state index contributed by atoms with van der Waals surface area (Å²) in [4.78, 5) is 0. The highest BCUT2D eigenvalue weighted by Gasteiger charge is 2.39. The van der Waals surface area contributed by atoms with Gasteiger partial charge in [0.2, 0.25) is 0 Å². The highest BCUT2D eigenvalue weighted by Crippen LogP contribution is 2.35. The van der Waals surface area contributed by atoms with E-state index in [0.717, 1.165) is 0 Å². The molecule has 0 amide bonds. The third-order valence-corrected chi connectivity index (χ3v) is 3.74. The van der Waals surface area contributed by atoms with Gasteiger partial charge < -0.3 is 5.32 Å². The van der Waals surface area contributed by atoms with Gasteiger partial charge in [-0.05, 0) is 25.5 Å². The maximum atomic E-state index is 3.64. The van der Waals surface area contributed by atoms with Crippen LogP contribution in [0.4, 0.5) is 0 Å². The molecule has 1 aliphatic carbocycles. The van der Waals surface area contributed by atoms with E-state index in [0.29, 0.717) is 5.54 Å². The molecule has 0 aromatic carbocycles. The van der Waals surface area contributed by atoms with Crippen molar-refractivity contribution in [2.75, 3.05) is 25.9 Å². The fourth-order valence-corrected chi connectivity index (χ4v) is 2.66. The van der Waals surface area contributed by atoms with E-state index in [1.807, 2.05) is 11.9 Å². The molecule has 2 fully saturated rings. The highest BCUT2D eigenvalue weighted by atomic mass is 32.2. The average molecular weight is 172 g/mol. The third kappa shape index (κ3) is 1.42. The molecule has 1 spiro atoms. The van der Waals surface area contributed by atoms with Gasteiger partial charge in [0.1, 0.15) is 0 Å². The summed E-state index contributed by atoms with van der Waals surface area (Å²) in [6.07, 6.45) is 6.39. The van der Waals surface area contributed by atoms with Gasteiger partial charge >= 0.3 is 0 Å². The van der Waals surface area contributed by atoms with Gasteiger partial charge in [0.05, 0.1) is 0 Å². The van der Waals surface area contributed by atoms with Crippen molar-refractivity contribution in [2.45, 2.75) is 24.8 Å². The zero-order valence-corrected chi connectivity index (χ0v) is 7.91. The molecule has 1 saturated carbocycles. The minimum absolute atomic E-state index is 0.529. The molecule has 0 aromatic rings. The van der Waals surface area contributed by atoms with Crippen LogP contribution in [-0.2, 0) is 0 Å². The summed E-state index contributed by atoms with van der Waals surface area (Å²) in [5.74, 6) is 0. The third-order valence-electron chi connectivity index (χ3n) is 2.91. The van der Waals surface area contributed by atoms with Gasteiger partial charge in [-0.15, -0.1) is 0 Å². The van der Waals surface area contributed by atoms with Crippen LogP contribution in [0.25, 0.3) is 0 Å². The van der Waals surface area contributed by atoms with Crippen molar-refractivity contribution in [3.8, 4) is 0 Å². The number of nitrogens with zero attached hydrogens (tertiary/aromatic N) is 1. The second kappa shape index (κ2) is 2.96. The maximum Gasteiger partial charge on any atom is 0.0318 e. The quantitative estimate of drug-likeness (QED) is 0.596. The van der Waals surface area contributed by atoms with Crippen molar-refractivity contribution in [1.82, 2.24) is 9.62 Å². The molecule has 2 aliphatic rings. The molecule has 0 unspecified atom stereocenters. The lowest BCUT2D eigenvalue weighted by Gasteiger charge is -2.48. The zero-order chi connectivity index (χ0) is 7.73. The van der Waals surface area contributed by atoms with Gasteiger partial charge in [-0.25, -0.2) is 4.31 Å². The molecule has 1 heterocycles. The van der Waals surface area contributed by atoms with Crippen LogP contribution in [-0.4, -0.2) is 35.7 Å². The number of rotatable bonds is 1.